The molecule has 6 atom stereocenters. The zero-order chi connectivity index (χ0) is 19.3. The second-order valence-electron chi connectivity index (χ2n) is 7.39. The van der Waals surface area contributed by atoms with E-state index in [0.29, 0.717) is 17.9 Å². The number of carbonyl (C=O) groups excluding carboxylic acids is 3. The average Bonchev–Trinajstić information content (AvgIpc) is 3.09. The number of aliphatic carboxylic acids is 1. The molecule has 2 amide bonds. The van der Waals surface area contributed by atoms with Crippen LogP contribution in [0.5, 0.6) is 0 Å². The molecule has 1 N–H and O–H groups in total. The predicted octanol–water partition coefficient (Wildman–Crippen LogP) is -8.27. The molecule has 0 saturated carbocycles. The summed E-state index contributed by atoms with van der Waals surface area (Å²) in [6, 6.07) is -0.696. The maximum Gasteiger partial charge on any atom is 1.00 e. The summed E-state index contributed by atoms with van der Waals surface area (Å²) in [5.41, 5.74) is -0.100. The van der Waals surface area contributed by atoms with Crippen LogP contribution in [0.2, 0.25) is 0 Å². The zero-order valence-electron chi connectivity index (χ0n) is 17.2. The van der Waals surface area contributed by atoms with Crippen molar-refractivity contribution in [2.45, 2.75) is 43.7 Å². The number of rotatable bonds is 5. The van der Waals surface area contributed by atoms with Gasteiger partial charge < -0.3 is 30.1 Å². The van der Waals surface area contributed by atoms with E-state index in [2.05, 4.69) is 5.32 Å². The van der Waals surface area contributed by atoms with Crippen molar-refractivity contribution >= 4 is 29.5 Å². The first-order valence-corrected chi connectivity index (χ1v) is 9.58. The molecule has 3 aliphatic rings. The second-order valence-corrected chi connectivity index (χ2v) is 8.73. The van der Waals surface area contributed by atoms with E-state index in [4.69, 9.17) is 0 Å². The largest absolute Gasteiger partial charge is 1.00 e. The second kappa shape index (κ2) is 10.2. The maximum atomic E-state index is 12.3. The summed E-state index contributed by atoms with van der Waals surface area (Å²) in [6.45, 7) is 3.86. The number of nitrogens with one attached hydrogen (secondary N) is 1. The third-order valence-corrected chi connectivity index (χ3v) is 6.92. The number of thioether (sulfide) groups is 1. The number of carboxylic acid groups (broad SMARTS) is 1. The predicted molar refractivity (Wildman–Crippen MR) is 91.3 cm³/mol. The molecule has 2 fully saturated rings. The van der Waals surface area contributed by atoms with Gasteiger partial charge in [-0.3, -0.25) is 9.59 Å². The van der Waals surface area contributed by atoms with E-state index >= 15 is 0 Å². The fourth-order valence-electron chi connectivity index (χ4n) is 4.13. The first-order chi connectivity index (χ1) is 12.1. The van der Waals surface area contributed by atoms with E-state index in [1.807, 2.05) is 6.92 Å². The van der Waals surface area contributed by atoms with Crippen LogP contribution in [-0.4, -0.2) is 71.7 Å². The van der Waals surface area contributed by atoms with Gasteiger partial charge >= 0.3 is 59.1 Å². The van der Waals surface area contributed by atoms with Crippen LogP contribution < -0.4 is 74.6 Å². The molecule has 144 valence electrons. The Bertz CT molecular complexity index is 688. The molecule has 8 nitrogen and oxygen atoms in total. The van der Waals surface area contributed by atoms with Crippen molar-refractivity contribution in [3.63, 3.8) is 0 Å². The van der Waals surface area contributed by atoms with Gasteiger partial charge in [0.25, 0.3) is 0 Å². The normalized spacial score (nSPS) is 32.1. The van der Waals surface area contributed by atoms with Crippen LogP contribution >= 0.6 is 11.8 Å². The van der Waals surface area contributed by atoms with Gasteiger partial charge in [-0.1, -0.05) is 13.8 Å². The third kappa shape index (κ3) is 4.53. The van der Waals surface area contributed by atoms with Crippen LogP contribution in [0.3, 0.4) is 0 Å². The average molecular weight is 427 g/mol. The number of β-lactam (4-membered cyclic amide) rings is 1. The molecule has 0 aromatic carbocycles. The topological polar surface area (TPSA) is 116 Å². The van der Waals surface area contributed by atoms with E-state index in [1.165, 1.54) is 28.5 Å². The monoisotopic (exact) mass is 427 g/mol. The van der Waals surface area contributed by atoms with Gasteiger partial charge in [-0.25, -0.2) is 0 Å². The number of carboxylic acids is 1. The summed E-state index contributed by atoms with van der Waals surface area (Å²) >= 11 is 1.39. The van der Waals surface area contributed by atoms with E-state index in [9.17, 15) is 24.6 Å². The maximum absolute atomic E-state index is 12.3. The summed E-state index contributed by atoms with van der Waals surface area (Å²) in [6.07, 6.45) is -0.494. The first kappa shape index (κ1) is 26.5. The van der Waals surface area contributed by atoms with Crippen molar-refractivity contribution < 1.29 is 83.7 Å². The van der Waals surface area contributed by atoms with E-state index in [1.54, 1.807) is 14.1 Å². The number of fused-ring (bicyclic) bond motifs is 1. The molecule has 11 heteroatoms. The van der Waals surface area contributed by atoms with Gasteiger partial charge in [-0.15, -0.1) is 17.9 Å². The number of nitrogens with zero attached hydrogens (tertiary/aromatic N) is 2. The fraction of sp³-hybridized carbons (Fsp3) is 0.706. The molecule has 0 aromatic heterocycles. The van der Waals surface area contributed by atoms with Crippen LogP contribution in [0.4, 0.5) is 0 Å². The summed E-state index contributed by atoms with van der Waals surface area (Å²) in [4.78, 5) is 39.4. The van der Waals surface area contributed by atoms with Gasteiger partial charge in [0, 0.05) is 42.6 Å². The Labute approximate surface area is 213 Å². The molecular weight excluding hydrogens is 404 g/mol. The van der Waals surface area contributed by atoms with Crippen molar-refractivity contribution in [1.29, 1.82) is 0 Å². The van der Waals surface area contributed by atoms with Gasteiger partial charge in [0.05, 0.1) is 23.8 Å². The number of hydrogen-bond donors (Lipinski definition) is 1. The van der Waals surface area contributed by atoms with Crippen LogP contribution in [0.1, 0.15) is 20.3 Å². The fourth-order valence-corrected chi connectivity index (χ4v) is 5.60. The number of amides is 2. The van der Waals surface area contributed by atoms with Crippen LogP contribution in [-0.2, 0) is 14.4 Å². The minimum absolute atomic E-state index is 0. The smallest absolute Gasteiger partial charge is 0.852 e. The molecule has 0 unspecified atom stereocenters. The van der Waals surface area contributed by atoms with Gasteiger partial charge in [0.1, 0.15) is 0 Å². The Morgan fingerprint density at radius 2 is 1.93 bits per heavy atom. The van der Waals surface area contributed by atoms with Gasteiger partial charge in [0.2, 0.25) is 11.8 Å². The van der Waals surface area contributed by atoms with Crippen molar-refractivity contribution in [2.75, 3.05) is 20.6 Å². The van der Waals surface area contributed by atoms with Gasteiger partial charge in [0.15, 0.2) is 0 Å². The van der Waals surface area contributed by atoms with Crippen LogP contribution in [0.15, 0.2) is 10.6 Å². The summed E-state index contributed by atoms with van der Waals surface area (Å²) in [5.74, 6) is -2.75. The minimum Gasteiger partial charge on any atom is -0.852 e. The third-order valence-electron chi connectivity index (χ3n) is 5.41. The van der Waals surface area contributed by atoms with Crippen molar-refractivity contribution in [3.05, 3.63) is 10.6 Å². The SMILES string of the molecule is C[C@@H]([O-])[C@H]1C(=O)N2C(C(=O)[O-])=C(S[C@@H]3CN[C@H](C(=O)N(C)C)C3)[C@H](C)[C@H]12.[Na+].[Na+]. The standard InChI is InChI=1S/C17H24N3O5S.2Na/c1-7-12-11(8(2)21)16(23)20(12)13(17(24)25)14(7)26-9-5-10(18-6-9)15(22)19(3)4;;/h7-12,18H,5-6H2,1-4H3,(H,24,25);;/q-1;2*+1/p-1/t7-,8-,9+,10+,11-,12-;;/m1../s1. The molecule has 2 saturated heterocycles. The number of likely N-dealkylation sites (N-methyl/N-ethyl adjacent to an activating group) is 1. The van der Waals surface area contributed by atoms with Gasteiger partial charge in [-0.05, 0) is 6.42 Å². The minimum atomic E-state index is -1.39. The molecule has 3 rings (SSSR count). The van der Waals surface area contributed by atoms with E-state index < -0.39 is 29.9 Å². The molecule has 0 bridgehead atoms. The molecule has 0 spiro atoms. The molecule has 0 aromatic rings. The molecular formula is C17H23N3Na2O5S. The summed E-state index contributed by atoms with van der Waals surface area (Å²) in [5, 5.41) is 26.7. The van der Waals surface area contributed by atoms with Crippen molar-refractivity contribution in [1.82, 2.24) is 15.1 Å². The summed E-state index contributed by atoms with van der Waals surface area (Å²) < 4.78 is 0. The van der Waals surface area contributed by atoms with Crippen LogP contribution in [0, 0.1) is 11.8 Å². The van der Waals surface area contributed by atoms with Crippen molar-refractivity contribution in [2.24, 2.45) is 11.8 Å². The Balaban J connectivity index is 0.00000196. The molecule has 0 aliphatic carbocycles. The molecule has 0 radical (unpaired) electrons. The Morgan fingerprint density at radius 1 is 1.32 bits per heavy atom. The zero-order valence-corrected chi connectivity index (χ0v) is 22.0. The van der Waals surface area contributed by atoms with Crippen LogP contribution in [0.25, 0.3) is 0 Å². The van der Waals surface area contributed by atoms with E-state index in [-0.39, 0.29) is 87.9 Å². The molecule has 28 heavy (non-hydrogen) atoms. The molecule has 3 aliphatic heterocycles. The Morgan fingerprint density at radius 3 is 2.43 bits per heavy atom. The first-order valence-electron chi connectivity index (χ1n) is 8.70. The van der Waals surface area contributed by atoms with Crippen molar-refractivity contribution in [3.8, 4) is 0 Å². The Hall–Kier alpha value is 0.420. The number of hydrogen-bond acceptors (Lipinski definition) is 7. The van der Waals surface area contributed by atoms with E-state index in [0.717, 1.165) is 0 Å². The quantitative estimate of drug-likeness (QED) is 0.342. The Kier molecular flexibility index (Phi) is 9.59. The summed E-state index contributed by atoms with van der Waals surface area (Å²) in [7, 11) is 3.39. The molecule has 3 heterocycles. The van der Waals surface area contributed by atoms with Gasteiger partial charge in [-0.2, -0.15) is 0 Å². The number of carbonyl (C=O) groups is 3.